The van der Waals surface area contributed by atoms with E-state index in [2.05, 4.69) is 19.9 Å². The van der Waals surface area contributed by atoms with Crippen LogP contribution < -0.4 is 10.4 Å². The van der Waals surface area contributed by atoms with Crippen LogP contribution in [0.2, 0.25) is 0 Å². The van der Waals surface area contributed by atoms with Crippen molar-refractivity contribution >= 4 is 38.5 Å². The molecule has 0 aliphatic rings. The van der Waals surface area contributed by atoms with E-state index in [1.165, 1.54) is 30.3 Å². The van der Waals surface area contributed by atoms with Crippen LogP contribution >= 0.6 is 0 Å². The Hall–Kier alpha value is -4.68. The van der Waals surface area contributed by atoms with Crippen molar-refractivity contribution < 1.29 is 18.4 Å². The fourth-order valence-corrected chi connectivity index (χ4v) is 4.18. The number of fused-ring (bicyclic) bond motifs is 1. The highest BCUT2D eigenvalue weighted by atomic mass is 32.2. The number of nitrogens with zero attached hydrogens (tertiary/aromatic N) is 3. The number of nitro benzene ring substituents is 1. The van der Waals surface area contributed by atoms with Crippen molar-refractivity contribution in [2.45, 2.75) is 17.9 Å². The summed E-state index contributed by atoms with van der Waals surface area (Å²) >= 11 is 0. The van der Waals surface area contributed by atoms with Gasteiger partial charge in [0.1, 0.15) is 11.8 Å². The third-order valence-electron chi connectivity index (χ3n) is 5.30. The van der Waals surface area contributed by atoms with Crippen LogP contribution in [0, 0.1) is 17.0 Å². The summed E-state index contributed by atoms with van der Waals surface area (Å²) in [5, 5.41) is 25.8. The number of benzene rings is 3. The molecule has 37 heavy (non-hydrogen) atoms. The van der Waals surface area contributed by atoms with Crippen molar-refractivity contribution in [1.82, 2.24) is 14.8 Å². The Morgan fingerprint density at radius 3 is 2.51 bits per heavy atom. The van der Waals surface area contributed by atoms with Gasteiger partial charge < -0.3 is 10.1 Å². The number of aliphatic hydroxyl groups excluding tert-OH is 1. The standard InChI is InChI=1S/C25H21N5O6S/c1-16-7-11-19(12-8-16)37(35,36)29-28-23(22(31)14-9-17-5-3-2-4-6-17)24-25(32)27-21-15-18(30(33)34)10-13-20(21)26-24/h2-15,22,29,31H,1H3,(H,27,32). The van der Waals surface area contributed by atoms with Gasteiger partial charge in [-0.15, -0.1) is 0 Å². The molecule has 4 rings (SSSR count). The first-order valence-corrected chi connectivity index (χ1v) is 12.4. The van der Waals surface area contributed by atoms with Crippen LogP contribution in [0.3, 0.4) is 0 Å². The van der Waals surface area contributed by atoms with E-state index in [0.717, 1.165) is 17.2 Å². The lowest BCUT2D eigenvalue weighted by Gasteiger charge is -2.12. The van der Waals surface area contributed by atoms with Crippen LogP contribution in [0.4, 0.5) is 5.69 Å². The SMILES string of the molecule is Cc1ccc(S(=O)(=O)NN=C(c2nc3ccc([N+](=O)[O-])cc3[nH]c2=O)C(O)C=Cc2ccccc2)cc1. The number of hydrogen-bond acceptors (Lipinski definition) is 8. The predicted molar refractivity (Wildman–Crippen MR) is 139 cm³/mol. The molecule has 1 aromatic heterocycles. The number of aromatic amines is 1. The number of H-pyrrole nitrogens is 1. The molecule has 0 aliphatic carbocycles. The van der Waals surface area contributed by atoms with Gasteiger partial charge in [0.25, 0.3) is 21.3 Å². The van der Waals surface area contributed by atoms with Crippen molar-refractivity contribution in [3.63, 3.8) is 0 Å². The number of hydrogen-bond donors (Lipinski definition) is 3. The van der Waals surface area contributed by atoms with E-state index in [1.54, 1.807) is 42.5 Å². The van der Waals surface area contributed by atoms with E-state index in [9.17, 15) is 28.4 Å². The van der Waals surface area contributed by atoms with Gasteiger partial charge in [0.2, 0.25) is 0 Å². The van der Waals surface area contributed by atoms with E-state index >= 15 is 0 Å². The third kappa shape index (κ3) is 5.94. The van der Waals surface area contributed by atoms with Crippen LogP contribution in [0.15, 0.2) is 93.7 Å². The lowest BCUT2D eigenvalue weighted by atomic mass is 10.1. The number of nitrogens with one attached hydrogen (secondary N) is 2. The first-order chi connectivity index (χ1) is 17.6. The number of nitro groups is 1. The third-order valence-corrected chi connectivity index (χ3v) is 6.52. The zero-order valence-electron chi connectivity index (χ0n) is 19.4. The quantitative estimate of drug-likeness (QED) is 0.183. The fourth-order valence-electron chi connectivity index (χ4n) is 3.36. The van der Waals surface area contributed by atoms with Crippen LogP contribution in [-0.4, -0.2) is 40.2 Å². The zero-order chi connectivity index (χ0) is 26.6. The van der Waals surface area contributed by atoms with Gasteiger partial charge in [0.05, 0.1) is 20.9 Å². The average Bonchev–Trinajstić information content (AvgIpc) is 2.88. The number of sulfonamides is 1. The van der Waals surface area contributed by atoms with E-state index in [4.69, 9.17) is 0 Å². The second-order valence-corrected chi connectivity index (χ2v) is 9.65. The highest BCUT2D eigenvalue weighted by molar-refractivity contribution is 7.89. The molecular weight excluding hydrogens is 498 g/mol. The Morgan fingerprint density at radius 1 is 1.14 bits per heavy atom. The lowest BCUT2D eigenvalue weighted by molar-refractivity contribution is -0.384. The van der Waals surface area contributed by atoms with E-state index in [0.29, 0.717) is 0 Å². The van der Waals surface area contributed by atoms with E-state index in [1.807, 2.05) is 13.0 Å². The molecular formula is C25H21N5O6S. The summed E-state index contributed by atoms with van der Waals surface area (Å²) in [5.74, 6) is 0. The number of hydrazone groups is 1. The molecule has 0 radical (unpaired) electrons. The monoisotopic (exact) mass is 519 g/mol. The predicted octanol–water partition coefficient (Wildman–Crippen LogP) is 2.90. The molecule has 1 heterocycles. The minimum atomic E-state index is -4.14. The average molecular weight is 520 g/mol. The smallest absolute Gasteiger partial charge is 0.276 e. The molecule has 0 fully saturated rings. The summed E-state index contributed by atoms with van der Waals surface area (Å²) in [7, 11) is -4.14. The topological polar surface area (TPSA) is 168 Å². The van der Waals surface area contributed by atoms with E-state index < -0.39 is 26.6 Å². The Balaban J connectivity index is 1.78. The number of non-ortho nitro benzene ring substituents is 1. The lowest BCUT2D eigenvalue weighted by Crippen LogP contribution is -2.32. The van der Waals surface area contributed by atoms with Crippen LogP contribution in [0.1, 0.15) is 16.8 Å². The molecule has 3 N–H and O–H groups in total. The molecule has 0 aliphatic heterocycles. The maximum absolute atomic E-state index is 12.9. The molecule has 0 bridgehead atoms. The molecule has 1 unspecified atom stereocenters. The highest BCUT2D eigenvalue weighted by Crippen LogP contribution is 2.18. The van der Waals surface area contributed by atoms with Gasteiger partial charge in [0.15, 0.2) is 5.69 Å². The summed E-state index contributed by atoms with van der Waals surface area (Å²) in [6.07, 6.45) is 1.37. The molecule has 3 aromatic carbocycles. The van der Waals surface area contributed by atoms with Gasteiger partial charge in [-0.25, -0.2) is 4.98 Å². The normalized spacial score (nSPS) is 13.1. The van der Waals surface area contributed by atoms with E-state index in [-0.39, 0.29) is 33.0 Å². The molecule has 188 valence electrons. The number of aromatic nitrogens is 2. The van der Waals surface area contributed by atoms with Crippen molar-refractivity contribution in [2.75, 3.05) is 0 Å². The number of aliphatic hydroxyl groups is 1. The maximum atomic E-state index is 12.9. The van der Waals surface area contributed by atoms with Crippen molar-refractivity contribution in [3.05, 3.63) is 116 Å². The second-order valence-electron chi connectivity index (χ2n) is 7.99. The summed E-state index contributed by atoms with van der Waals surface area (Å²) in [6, 6.07) is 18.7. The Morgan fingerprint density at radius 2 is 1.84 bits per heavy atom. The Bertz CT molecular complexity index is 1680. The molecule has 11 nitrogen and oxygen atoms in total. The summed E-state index contributed by atoms with van der Waals surface area (Å²) in [5.41, 5.74) is 0.0650. The van der Waals surface area contributed by atoms with Gasteiger partial charge in [-0.1, -0.05) is 54.1 Å². The molecule has 1 atom stereocenters. The van der Waals surface area contributed by atoms with Gasteiger partial charge in [-0.3, -0.25) is 14.9 Å². The van der Waals surface area contributed by atoms with Crippen LogP contribution in [0.5, 0.6) is 0 Å². The molecule has 0 amide bonds. The summed E-state index contributed by atoms with van der Waals surface area (Å²) < 4.78 is 25.6. The minimum Gasteiger partial charge on any atom is -0.382 e. The fraction of sp³-hybridized carbons (Fsp3) is 0.0800. The molecule has 4 aromatic rings. The van der Waals surface area contributed by atoms with Crippen molar-refractivity contribution in [2.24, 2.45) is 5.10 Å². The zero-order valence-corrected chi connectivity index (χ0v) is 20.2. The van der Waals surface area contributed by atoms with Gasteiger partial charge in [-0.2, -0.15) is 18.4 Å². The van der Waals surface area contributed by atoms with Crippen molar-refractivity contribution in [3.8, 4) is 0 Å². The largest absolute Gasteiger partial charge is 0.382 e. The molecule has 12 heteroatoms. The van der Waals surface area contributed by atoms with Crippen LogP contribution in [0.25, 0.3) is 17.1 Å². The first kappa shape index (κ1) is 25.4. The molecule has 0 saturated carbocycles. The highest BCUT2D eigenvalue weighted by Gasteiger charge is 2.22. The summed E-state index contributed by atoms with van der Waals surface area (Å²) in [4.78, 5) is 32.0. The first-order valence-electron chi connectivity index (χ1n) is 10.9. The van der Waals surface area contributed by atoms with Crippen molar-refractivity contribution in [1.29, 1.82) is 0 Å². The maximum Gasteiger partial charge on any atom is 0.276 e. The van der Waals surface area contributed by atoms with Crippen LogP contribution in [-0.2, 0) is 10.0 Å². The van der Waals surface area contributed by atoms with Gasteiger partial charge in [-0.05, 0) is 36.8 Å². The number of rotatable bonds is 8. The minimum absolute atomic E-state index is 0.0665. The molecule has 0 saturated heterocycles. The number of aryl methyl sites for hydroxylation is 1. The Kier molecular flexibility index (Phi) is 7.22. The Labute approximate surface area is 211 Å². The molecule has 0 spiro atoms. The summed E-state index contributed by atoms with van der Waals surface area (Å²) in [6.45, 7) is 1.81. The second kappa shape index (κ2) is 10.5. The van der Waals surface area contributed by atoms with Gasteiger partial charge in [0, 0.05) is 12.1 Å². The van der Waals surface area contributed by atoms with Gasteiger partial charge >= 0.3 is 0 Å².